The molecule has 0 aliphatic carbocycles. The average Bonchev–Trinajstić information content (AvgIpc) is 2.86. The highest BCUT2D eigenvalue weighted by atomic mass is 16.5. The molecule has 0 aliphatic heterocycles. The number of ether oxygens (including phenoxy) is 1. The van der Waals surface area contributed by atoms with Crippen molar-refractivity contribution in [2.24, 2.45) is 0 Å². The smallest absolute Gasteiger partial charge is 0.305 e. The van der Waals surface area contributed by atoms with Gasteiger partial charge in [-0.05, 0) is 12.8 Å². The predicted octanol–water partition coefficient (Wildman–Crippen LogP) is 11.9. The maximum Gasteiger partial charge on any atom is 0.305 e. The van der Waals surface area contributed by atoms with Crippen LogP contribution in [0.1, 0.15) is 200 Å². The van der Waals surface area contributed by atoms with Crippen molar-refractivity contribution in [2.75, 3.05) is 6.61 Å². The van der Waals surface area contributed by atoms with Gasteiger partial charge in [0.2, 0.25) is 0 Å². The van der Waals surface area contributed by atoms with E-state index >= 15 is 0 Å². The van der Waals surface area contributed by atoms with Crippen molar-refractivity contribution in [1.29, 1.82) is 0 Å². The number of hydrogen-bond donors (Lipinski definition) is 0. The predicted molar refractivity (Wildman–Crippen MR) is 156 cm³/mol. The zero-order valence-electron chi connectivity index (χ0n) is 24.5. The second-order valence-corrected chi connectivity index (χ2v) is 11.2. The molecule has 2 nitrogen and oxygen atoms in total. The van der Waals surface area contributed by atoms with Gasteiger partial charge in [-0.3, -0.25) is 4.79 Å². The molecule has 0 N–H and O–H groups in total. The second-order valence-electron chi connectivity index (χ2n) is 11.2. The van der Waals surface area contributed by atoms with Crippen LogP contribution in [0.15, 0.2) is 0 Å². The van der Waals surface area contributed by atoms with Crippen LogP contribution in [0.5, 0.6) is 0 Å². The third kappa shape index (κ3) is 31.4. The van der Waals surface area contributed by atoms with Crippen molar-refractivity contribution in [3.63, 3.8) is 0 Å². The van der Waals surface area contributed by atoms with E-state index in [1.54, 1.807) is 0 Å². The van der Waals surface area contributed by atoms with Gasteiger partial charge in [-0.1, -0.05) is 181 Å². The van der Waals surface area contributed by atoms with Crippen molar-refractivity contribution >= 4 is 5.97 Å². The van der Waals surface area contributed by atoms with Crippen LogP contribution in [0.2, 0.25) is 0 Å². The molecular formula is C33H66O2. The fourth-order valence-electron chi connectivity index (χ4n) is 5.02. The standard InChI is InChI=1S/C33H66O2/c1-3-5-7-9-11-13-15-16-17-18-19-20-21-22-23-25-27-29-31-33(34)35-32-30-28-26-24-14-12-10-8-6-4-2/h3-32H2,1-2H3. The second kappa shape index (κ2) is 31.5. The third-order valence-electron chi connectivity index (χ3n) is 7.50. The summed E-state index contributed by atoms with van der Waals surface area (Å²) in [5, 5.41) is 0. The topological polar surface area (TPSA) is 26.3 Å². The molecular weight excluding hydrogens is 428 g/mol. The van der Waals surface area contributed by atoms with Crippen LogP contribution in [-0.4, -0.2) is 12.6 Å². The Morgan fingerprint density at radius 3 is 0.943 bits per heavy atom. The highest BCUT2D eigenvalue weighted by molar-refractivity contribution is 5.69. The van der Waals surface area contributed by atoms with Gasteiger partial charge in [0.15, 0.2) is 0 Å². The Morgan fingerprint density at radius 2 is 0.629 bits per heavy atom. The number of unbranched alkanes of at least 4 members (excludes halogenated alkanes) is 26. The van der Waals surface area contributed by atoms with E-state index in [1.165, 1.54) is 167 Å². The summed E-state index contributed by atoms with van der Waals surface area (Å²) in [5.74, 6) is 0.0254. The number of hydrogen-bond acceptors (Lipinski definition) is 2. The molecule has 0 bridgehead atoms. The van der Waals surface area contributed by atoms with Crippen LogP contribution >= 0.6 is 0 Å². The first-order valence-electron chi connectivity index (χ1n) is 16.5. The first kappa shape index (κ1) is 34.5. The van der Waals surface area contributed by atoms with Gasteiger partial charge in [-0.2, -0.15) is 0 Å². The summed E-state index contributed by atoms with van der Waals surface area (Å²) in [7, 11) is 0. The lowest BCUT2D eigenvalue weighted by Gasteiger charge is -2.06. The summed E-state index contributed by atoms with van der Waals surface area (Å²) in [6.45, 7) is 5.20. The molecule has 0 heterocycles. The van der Waals surface area contributed by atoms with Gasteiger partial charge in [-0.25, -0.2) is 0 Å². The van der Waals surface area contributed by atoms with Crippen LogP contribution in [0.25, 0.3) is 0 Å². The number of carbonyl (C=O) groups excluding carboxylic acids is 1. The van der Waals surface area contributed by atoms with E-state index in [0.717, 1.165) is 12.8 Å². The first-order chi connectivity index (χ1) is 17.3. The first-order valence-corrected chi connectivity index (χ1v) is 16.5. The maximum atomic E-state index is 11.9. The number of carbonyl (C=O) groups is 1. The molecule has 0 saturated carbocycles. The Kier molecular flexibility index (Phi) is 31.0. The fourth-order valence-corrected chi connectivity index (χ4v) is 5.02. The van der Waals surface area contributed by atoms with Crippen molar-refractivity contribution in [1.82, 2.24) is 0 Å². The lowest BCUT2D eigenvalue weighted by molar-refractivity contribution is -0.143. The minimum atomic E-state index is 0.0254. The van der Waals surface area contributed by atoms with Gasteiger partial charge in [0.25, 0.3) is 0 Å². The van der Waals surface area contributed by atoms with Crippen molar-refractivity contribution in [2.45, 2.75) is 200 Å². The van der Waals surface area contributed by atoms with E-state index in [0.29, 0.717) is 13.0 Å². The fraction of sp³-hybridized carbons (Fsp3) is 0.970. The van der Waals surface area contributed by atoms with Gasteiger partial charge in [0.05, 0.1) is 6.61 Å². The average molecular weight is 495 g/mol. The summed E-state index contributed by atoms with van der Waals surface area (Å²) in [5.41, 5.74) is 0. The molecule has 2 heteroatoms. The summed E-state index contributed by atoms with van der Waals surface area (Å²) in [4.78, 5) is 11.9. The van der Waals surface area contributed by atoms with Crippen LogP contribution < -0.4 is 0 Å². The summed E-state index contributed by atoms with van der Waals surface area (Å²) < 4.78 is 5.41. The van der Waals surface area contributed by atoms with E-state index in [4.69, 9.17) is 4.74 Å². The Labute approximate surface area is 222 Å². The number of esters is 1. The molecule has 0 rings (SSSR count). The summed E-state index contributed by atoms with van der Waals surface area (Å²) in [6.07, 6.45) is 38.7. The van der Waals surface area contributed by atoms with Crippen LogP contribution in [0, 0.1) is 0 Å². The van der Waals surface area contributed by atoms with Crippen LogP contribution in [0.4, 0.5) is 0 Å². The van der Waals surface area contributed by atoms with Crippen molar-refractivity contribution in [3.05, 3.63) is 0 Å². The molecule has 0 aliphatic rings. The third-order valence-corrected chi connectivity index (χ3v) is 7.50. The highest BCUT2D eigenvalue weighted by Crippen LogP contribution is 2.15. The molecule has 0 atom stereocenters. The molecule has 0 radical (unpaired) electrons. The minimum Gasteiger partial charge on any atom is -0.466 e. The zero-order valence-corrected chi connectivity index (χ0v) is 24.5. The SMILES string of the molecule is CCCCCCCCCCCCCCCCCCCCC(=O)OCCCCCCCCCCCC. The molecule has 0 aromatic heterocycles. The van der Waals surface area contributed by atoms with E-state index in [-0.39, 0.29) is 5.97 Å². The molecule has 0 fully saturated rings. The van der Waals surface area contributed by atoms with E-state index < -0.39 is 0 Å². The van der Waals surface area contributed by atoms with Gasteiger partial charge in [0, 0.05) is 6.42 Å². The minimum absolute atomic E-state index is 0.0254. The Morgan fingerprint density at radius 1 is 0.371 bits per heavy atom. The molecule has 0 saturated heterocycles. The van der Waals surface area contributed by atoms with Gasteiger partial charge < -0.3 is 4.74 Å². The van der Waals surface area contributed by atoms with E-state index in [1.807, 2.05) is 0 Å². The largest absolute Gasteiger partial charge is 0.466 e. The molecule has 0 spiro atoms. The quantitative estimate of drug-likeness (QED) is 0.0732. The van der Waals surface area contributed by atoms with Crippen LogP contribution in [0.3, 0.4) is 0 Å². The van der Waals surface area contributed by atoms with Crippen molar-refractivity contribution in [3.8, 4) is 0 Å². The lowest BCUT2D eigenvalue weighted by Crippen LogP contribution is -2.05. The molecule has 210 valence electrons. The molecule has 35 heavy (non-hydrogen) atoms. The highest BCUT2D eigenvalue weighted by Gasteiger charge is 2.02. The molecule has 0 aromatic rings. The maximum absolute atomic E-state index is 11.9. The summed E-state index contributed by atoms with van der Waals surface area (Å²) in [6, 6.07) is 0. The van der Waals surface area contributed by atoms with E-state index in [9.17, 15) is 4.79 Å². The van der Waals surface area contributed by atoms with E-state index in [2.05, 4.69) is 13.8 Å². The van der Waals surface area contributed by atoms with Gasteiger partial charge >= 0.3 is 5.97 Å². The Balaban J connectivity index is 3.13. The molecule has 0 aromatic carbocycles. The summed E-state index contributed by atoms with van der Waals surface area (Å²) >= 11 is 0. The lowest BCUT2D eigenvalue weighted by atomic mass is 10.0. The zero-order chi connectivity index (χ0) is 25.5. The van der Waals surface area contributed by atoms with Gasteiger partial charge in [0.1, 0.15) is 0 Å². The molecule has 0 amide bonds. The monoisotopic (exact) mass is 495 g/mol. The number of rotatable bonds is 30. The normalized spacial score (nSPS) is 11.3. The Bertz CT molecular complexity index is 393. The molecule has 0 unspecified atom stereocenters. The Hall–Kier alpha value is -0.530. The van der Waals surface area contributed by atoms with Gasteiger partial charge in [-0.15, -0.1) is 0 Å². The van der Waals surface area contributed by atoms with Crippen molar-refractivity contribution < 1.29 is 9.53 Å². The van der Waals surface area contributed by atoms with Crippen LogP contribution in [-0.2, 0) is 9.53 Å².